The zero-order chi connectivity index (χ0) is 19.6. The second kappa shape index (κ2) is 7.62. The Morgan fingerprint density at radius 2 is 1.78 bits per heavy atom. The van der Waals surface area contributed by atoms with Crippen LogP contribution in [0.5, 0.6) is 0 Å². The smallest absolute Gasteiger partial charge is 0.308 e. The van der Waals surface area contributed by atoms with Crippen molar-refractivity contribution in [2.24, 2.45) is 10.5 Å². The number of rotatable bonds is 4. The lowest BCUT2D eigenvalue weighted by atomic mass is 9.82. The van der Waals surface area contributed by atoms with Crippen LogP contribution in [0.15, 0.2) is 40.6 Å². The van der Waals surface area contributed by atoms with Gasteiger partial charge in [-0.25, -0.2) is 5.48 Å². The summed E-state index contributed by atoms with van der Waals surface area (Å²) in [6.07, 6.45) is 4.07. The minimum atomic E-state index is -0.563. The van der Waals surface area contributed by atoms with Crippen LogP contribution in [0.1, 0.15) is 68.4 Å². The Bertz CT molecular complexity index is 804. The van der Waals surface area contributed by atoms with E-state index in [1.54, 1.807) is 35.2 Å². The zero-order valence-corrected chi connectivity index (χ0v) is 16.0. The van der Waals surface area contributed by atoms with Crippen LogP contribution in [0.4, 0.5) is 0 Å². The monoisotopic (exact) mass is 371 g/mol. The second-order valence-corrected chi connectivity index (χ2v) is 8.14. The number of nitrogens with zero attached hydrogens (tertiary/aromatic N) is 1. The highest BCUT2D eigenvalue weighted by molar-refractivity contribution is 6.08. The lowest BCUT2D eigenvalue weighted by molar-refractivity contribution is -0.603. The molecule has 1 aliphatic carbocycles. The Morgan fingerprint density at radius 3 is 2.41 bits per heavy atom. The quantitative estimate of drug-likeness (QED) is 0.368. The Kier molecular flexibility index (Phi) is 5.43. The molecule has 7 nitrogen and oxygen atoms in total. The molecule has 0 spiro atoms. The third kappa shape index (κ3) is 4.09. The Balaban J connectivity index is 1.82. The summed E-state index contributed by atoms with van der Waals surface area (Å²) in [5.41, 5.74) is 7.16. The van der Waals surface area contributed by atoms with Crippen molar-refractivity contribution < 1.29 is 20.2 Å². The van der Waals surface area contributed by atoms with Crippen molar-refractivity contribution >= 4 is 17.5 Å². The molecule has 0 radical (unpaired) electrons. The molecule has 1 fully saturated rings. The molecule has 1 atom stereocenters. The van der Waals surface area contributed by atoms with Crippen LogP contribution in [0.25, 0.3) is 0 Å². The molecule has 1 saturated carbocycles. The fraction of sp³-hybridized carbons (Fsp3) is 0.450. The summed E-state index contributed by atoms with van der Waals surface area (Å²) in [6, 6.07) is 6.65. The van der Waals surface area contributed by atoms with Crippen LogP contribution in [0.3, 0.4) is 0 Å². The third-order valence-electron chi connectivity index (χ3n) is 5.11. The molecule has 7 heteroatoms. The van der Waals surface area contributed by atoms with Gasteiger partial charge in [0.2, 0.25) is 5.70 Å². The first-order valence-electron chi connectivity index (χ1n) is 9.30. The summed E-state index contributed by atoms with van der Waals surface area (Å²) in [4.78, 5) is 24.5. The molecule has 1 aromatic rings. The predicted octanol–water partition coefficient (Wildman–Crippen LogP) is 1.77. The highest BCUT2D eigenvalue weighted by Crippen LogP contribution is 2.33. The Labute approximate surface area is 158 Å². The molecule has 3 rings (SSSR count). The third-order valence-corrected chi connectivity index (χ3v) is 5.11. The normalized spacial score (nSPS) is 17.9. The Morgan fingerprint density at radius 1 is 1.11 bits per heavy atom. The summed E-state index contributed by atoms with van der Waals surface area (Å²) in [6.45, 7) is 6.18. The number of carbonyl (C=O) groups is 2. The van der Waals surface area contributed by atoms with Gasteiger partial charge in [0.1, 0.15) is 5.71 Å². The van der Waals surface area contributed by atoms with E-state index in [2.05, 4.69) is 31.2 Å². The minimum absolute atomic E-state index is 0.109. The van der Waals surface area contributed by atoms with Crippen molar-refractivity contribution in [3.05, 3.63) is 46.7 Å². The van der Waals surface area contributed by atoms with E-state index < -0.39 is 5.91 Å². The maximum atomic E-state index is 13.0. The van der Waals surface area contributed by atoms with Crippen LogP contribution in [0, 0.1) is 5.41 Å². The Hall–Kier alpha value is -2.51. The van der Waals surface area contributed by atoms with Gasteiger partial charge in [0.15, 0.2) is 0 Å². The molecule has 0 bridgehead atoms. The lowest BCUT2D eigenvalue weighted by Gasteiger charge is -2.32. The number of hydrogen-bond donors (Lipinski definition) is 4. The molecule has 2 aliphatic rings. The van der Waals surface area contributed by atoms with Crippen LogP contribution in [0.2, 0.25) is 0 Å². The maximum absolute atomic E-state index is 13.0. The molecular weight excluding hydrogens is 344 g/mol. The number of quaternary nitrogens is 1. The van der Waals surface area contributed by atoms with Crippen molar-refractivity contribution in [1.82, 2.24) is 10.8 Å². The van der Waals surface area contributed by atoms with Gasteiger partial charge in [-0.15, -0.1) is 0 Å². The molecule has 1 unspecified atom stereocenters. The molecule has 0 aromatic heterocycles. The van der Waals surface area contributed by atoms with Crippen molar-refractivity contribution in [1.29, 1.82) is 0 Å². The van der Waals surface area contributed by atoms with Gasteiger partial charge in [0.25, 0.3) is 5.91 Å². The van der Waals surface area contributed by atoms with Gasteiger partial charge in [0.05, 0.1) is 6.04 Å². The molecule has 1 heterocycles. The van der Waals surface area contributed by atoms with Crippen molar-refractivity contribution in [3.8, 4) is 0 Å². The number of benzene rings is 1. The number of fused-ring (bicyclic) bond motifs is 1. The minimum Gasteiger partial charge on any atom is -0.340 e. The summed E-state index contributed by atoms with van der Waals surface area (Å²) in [7, 11) is 0. The number of amides is 2. The number of allylic oxidation sites excluding steroid dienone is 1. The molecule has 144 valence electrons. The van der Waals surface area contributed by atoms with Gasteiger partial charge in [-0.1, -0.05) is 38.0 Å². The SMILES string of the molecule is CC(C)(C)C(NC(=O)C1=C2CCCCC2=N[NH2+]1)c1ccc(C(=O)NO)cc1. The molecule has 1 aliphatic heterocycles. The summed E-state index contributed by atoms with van der Waals surface area (Å²) < 4.78 is 0. The molecule has 1 aromatic carbocycles. The molecule has 0 saturated heterocycles. The standard InChI is InChI=1S/C20H26N4O3/c1-20(2,3)17(12-8-10-13(11-9-12)18(25)24-27)21-19(26)16-14-6-4-5-7-15(14)22-23-16/h8-11,17,27H,4-7H2,1-3H3,(H,21,26)(H,22,23)(H,24,25)/p+1. The van der Waals surface area contributed by atoms with E-state index in [-0.39, 0.29) is 17.4 Å². The van der Waals surface area contributed by atoms with E-state index in [0.29, 0.717) is 11.3 Å². The highest BCUT2D eigenvalue weighted by Gasteiger charge is 2.35. The van der Waals surface area contributed by atoms with E-state index in [9.17, 15) is 9.59 Å². The van der Waals surface area contributed by atoms with Gasteiger partial charge in [0, 0.05) is 11.1 Å². The van der Waals surface area contributed by atoms with E-state index in [1.165, 1.54) is 0 Å². The number of nitrogens with one attached hydrogen (secondary N) is 2. The van der Waals surface area contributed by atoms with Gasteiger partial charge in [-0.2, -0.15) is 5.43 Å². The predicted molar refractivity (Wildman–Crippen MR) is 101 cm³/mol. The van der Waals surface area contributed by atoms with Crippen LogP contribution >= 0.6 is 0 Å². The van der Waals surface area contributed by atoms with Gasteiger partial charge in [-0.3, -0.25) is 14.8 Å². The largest absolute Gasteiger partial charge is 0.340 e. The van der Waals surface area contributed by atoms with Crippen molar-refractivity contribution in [2.75, 3.05) is 0 Å². The second-order valence-electron chi connectivity index (χ2n) is 8.14. The fourth-order valence-corrected chi connectivity index (χ4v) is 3.64. The van der Waals surface area contributed by atoms with Gasteiger partial charge in [-0.05, 0) is 48.8 Å². The van der Waals surface area contributed by atoms with Gasteiger partial charge < -0.3 is 5.32 Å². The molecule has 27 heavy (non-hydrogen) atoms. The van der Waals surface area contributed by atoms with Crippen molar-refractivity contribution in [3.63, 3.8) is 0 Å². The van der Waals surface area contributed by atoms with Gasteiger partial charge >= 0.3 is 5.91 Å². The first-order chi connectivity index (χ1) is 12.8. The number of carbonyl (C=O) groups excluding carboxylic acids is 2. The molecule has 2 amide bonds. The summed E-state index contributed by atoms with van der Waals surface area (Å²) >= 11 is 0. The number of hydrogen-bond acceptors (Lipinski definition) is 4. The lowest BCUT2D eigenvalue weighted by Crippen LogP contribution is -2.77. The fourth-order valence-electron chi connectivity index (χ4n) is 3.64. The summed E-state index contributed by atoms with van der Waals surface area (Å²) in [5, 5.41) is 16.3. The zero-order valence-electron chi connectivity index (χ0n) is 16.0. The summed E-state index contributed by atoms with van der Waals surface area (Å²) in [5.74, 6) is -0.671. The van der Waals surface area contributed by atoms with E-state index >= 15 is 0 Å². The maximum Gasteiger partial charge on any atom is 0.308 e. The number of hydroxylamine groups is 1. The van der Waals surface area contributed by atoms with Crippen molar-refractivity contribution in [2.45, 2.75) is 52.5 Å². The van der Waals surface area contributed by atoms with E-state index in [1.807, 2.05) is 0 Å². The topological polar surface area (TPSA) is 107 Å². The van der Waals surface area contributed by atoms with E-state index in [4.69, 9.17) is 5.21 Å². The molecule has 5 N–H and O–H groups in total. The highest BCUT2D eigenvalue weighted by atomic mass is 16.5. The van der Waals surface area contributed by atoms with Crippen LogP contribution < -0.4 is 16.2 Å². The first-order valence-corrected chi connectivity index (χ1v) is 9.30. The average Bonchev–Trinajstić information content (AvgIpc) is 3.09. The molecular formula is C20H27N4O3+. The van der Waals surface area contributed by atoms with Crippen LogP contribution in [-0.4, -0.2) is 22.7 Å². The van der Waals surface area contributed by atoms with Crippen LogP contribution in [-0.2, 0) is 4.79 Å². The first kappa shape index (κ1) is 19.3. The van der Waals surface area contributed by atoms with E-state index in [0.717, 1.165) is 42.5 Å². The number of nitrogens with two attached hydrogens (primary N) is 1. The average molecular weight is 371 g/mol.